The predicted octanol–water partition coefficient (Wildman–Crippen LogP) is 1.13. The highest BCUT2D eigenvalue weighted by atomic mass is 16.5. The van der Waals surface area contributed by atoms with Gasteiger partial charge in [-0.1, -0.05) is 12.1 Å². The lowest BCUT2D eigenvalue weighted by Gasteiger charge is -2.29. The highest BCUT2D eigenvalue weighted by Crippen LogP contribution is 2.24. The molecule has 0 amide bonds. The highest BCUT2D eigenvalue weighted by molar-refractivity contribution is 5.01. The van der Waals surface area contributed by atoms with Crippen molar-refractivity contribution < 1.29 is 14.0 Å². The summed E-state index contributed by atoms with van der Waals surface area (Å²) in [5, 5.41) is 7.53. The molecule has 1 aliphatic rings. The number of methoxy groups -OCH3 is 1. The molecule has 0 aliphatic carbocycles. The van der Waals surface area contributed by atoms with E-state index >= 15 is 0 Å². The smallest absolute Gasteiger partial charge is 0.233 e. The second kappa shape index (κ2) is 7.57. The quantitative estimate of drug-likeness (QED) is 0.800. The molecule has 2 heterocycles. The second-order valence-electron chi connectivity index (χ2n) is 4.82. The third-order valence-electron chi connectivity index (χ3n) is 3.34. The SMILES string of the molecule is CCCNC1CCOCC1c1nc(CCOC)no1. The largest absolute Gasteiger partial charge is 0.384 e. The predicted molar refractivity (Wildman–Crippen MR) is 70.1 cm³/mol. The number of nitrogens with zero attached hydrogens (tertiary/aromatic N) is 2. The number of rotatable bonds is 7. The van der Waals surface area contributed by atoms with Crippen LogP contribution in [0.3, 0.4) is 0 Å². The van der Waals surface area contributed by atoms with Crippen LogP contribution in [0.5, 0.6) is 0 Å². The van der Waals surface area contributed by atoms with Crippen molar-refractivity contribution in [3.63, 3.8) is 0 Å². The summed E-state index contributed by atoms with van der Waals surface area (Å²) >= 11 is 0. The Hall–Kier alpha value is -0.980. The van der Waals surface area contributed by atoms with Crippen LogP contribution in [0.25, 0.3) is 0 Å². The molecule has 0 aromatic carbocycles. The number of nitrogens with one attached hydrogen (secondary N) is 1. The fraction of sp³-hybridized carbons (Fsp3) is 0.846. The minimum atomic E-state index is 0.157. The number of aromatic nitrogens is 2. The standard InChI is InChI=1S/C13H23N3O3/c1-3-6-14-11-4-8-18-9-10(11)13-15-12(16-19-13)5-7-17-2/h10-11,14H,3-9H2,1-2H3. The summed E-state index contributed by atoms with van der Waals surface area (Å²) in [5.41, 5.74) is 0. The van der Waals surface area contributed by atoms with E-state index in [2.05, 4.69) is 22.4 Å². The van der Waals surface area contributed by atoms with Gasteiger partial charge in [0.05, 0.1) is 19.1 Å². The Morgan fingerprint density at radius 2 is 2.37 bits per heavy atom. The Morgan fingerprint density at radius 1 is 1.47 bits per heavy atom. The van der Waals surface area contributed by atoms with Crippen LogP contribution in [-0.2, 0) is 15.9 Å². The van der Waals surface area contributed by atoms with Gasteiger partial charge >= 0.3 is 0 Å². The van der Waals surface area contributed by atoms with Crippen molar-refractivity contribution >= 4 is 0 Å². The van der Waals surface area contributed by atoms with E-state index in [1.165, 1.54) is 0 Å². The minimum absolute atomic E-state index is 0.157. The first-order valence-corrected chi connectivity index (χ1v) is 6.97. The van der Waals surface area contributed by atoms with Gasteiger partial charge in [-0.2, -0.15) is 4.98 Å². The van der Waals surface area contributed by atoms with Crippen molar-refractivity contribution in [3.05, 3.63) is 11.7 Å². The maximum Gasteiger partial charge on any atom is 0.233 e. The van der Waals surface area contributed by atoms with Crippen molar-refractivity contribution in [2.45, 2.75) is 38.1 Å². The molecule has 108 valence electrons. The van der Waals surface area contributed by atoms with E-state index in [1.54, 1.807) is 7.11 Å². The van der Waals surface area contributed by atoms with Crippen molar-refractivity contribution in [1.82, 2.24) is 15.5 Å². The van der Waals surface area contributed by atoms with Crippen molar-refractivity contribution in [2.75, 3.05) is 33.5 Å². The maximum atomic E-state index is 5.54. The average Bonchev–Trinajstić information content (AvgIpc) is 2.92. The summed E-state index contributed by atoms with van der Waals surface area (Å²) in [5.74, 6) is 1.54. The Labute approximate surface area is 113 Å². The minimum Gasteiger partial charge on any atom is -0.384 e. The zero-order valence-corrected chi connectivity index (χ0v) is 11.7. The molecule has 1 fully saturated rings. The molecule has 1 aliphatic heterocycles. The molecule has 6 nitrogen and oxygen atoms in total. The average molecular weight is 269 g/mol. The third-order valence-corrected chi connectivity index (χ3v) is 3.34. The first-order chi connectivity index (χ1) is 9.35. The number of hydrogen-bond donors (Lipinski definition) is 1. The van der Waals surface area contributed by atoms with Crippen LogP contribution < -0.4 is 5.32 Å². The Kier molecular flexibility index (Phi) is 5.75. The molecule has 1 saturated heterocycles. The van der Waals surface area contributed by atoms with Crippen LogP contribution in [0, 0.1) is 0 Å². The molecule has 0 saturated carbocycles. The molecule has 6 heteroatoms. The zero-order valence-electron chi connectivity index (χ0n) is 11.7. The van der Waals surface area contributed by atoms with Gasteiger partial charge in [0, 0.05) is 26.2 Å². The molecule has 1 aromatic rings. The Balaban J connectivity index is 1.98. The molecular formula is C13H23N3O3. The highest BCUT2D eigenvalue weighted by Gasteiger charge is 2.31. The van der Waals surface area contributed by atoms with Crippen molar-refractivity contribution in [3.8, 4) is 0 Å². The molecule has 2 unspecified atom stereocenters. The molecule has 0 spiro atoms. The molecule has 0 radical (unpaired) electrons. The number of ether oxygens (including phenoxy) is 2. The zero-order chi connectivity index (χ0) is 13.5. The molecular weight excluding hydrogens is 246 g/mol. The summed E-state index contributed by atoms with van der Waals surface area (Å²) in [6.07, 6.45) is 2.79. The van der Waals surface area contributed by atoms with Crippen molar-refractivity contribution in [1.29, 1.82) is 0 Å². The second-order valence-corrected chi connectivity index (χ2v) is 4.82. The van der Waals surface area contributed by atoms with E-state index < -0.39 is 0 Å². The van der Waals surface area contributed by atoms with Gasteiger partial charge in [0.25, 0.3) is 0 Å². The lowest BCUT2D eigenvalue weighted by atomic mass is 9.95. The first-order valence-electron chi connectivity index (χ1n) is 6.97. The Bertz CT molecular complexity index is 370. The summed E-state index contributed by atoms with van der Waals surface area (Å²) in [7, 11) is 1.67. The summed E-state index contributed by atoms with van der Waals surface area (Å²) < 4.78 is 15.9. The van der Waals surface area contributed by atoms with E-state index in [4.69, 9.17) is 14.0 Å². The van der Waals surface area contributed by atoms with Crippen LogP contribution in [0.1, 0.15) is 37.4 Å². The van der Waals surface area contributed by atoms with Gasteiger partial charge in [0.1, 0.15) is 0 Å². The Morgan fingerprint density at radius 3 is 3.16 bits per heavy atom. The normalized spacial score (nSPS) is 23.7. The van der Waals surface area contributed by atoms with E-state index in [1.807, 2.05) is 0 Å². The monoisotopic (exact) mass is 269 g/mol. The molecule has 19 heavy (non-hydrogen) atoms. The molecule has 1 N–H and O–H groups in total. The van der Waals surface area contributed by atoms with E-state index in [0.29, 0.717) is 37.4 Å². The fourth-order valence-corrected chi connectivity index (χ4v) is 2.27. The van der Waals surface area contributed by atoms with E-state index in [-0.39, 0.29) is 5.92 Å². The van der Waals surface area contributed by atoms with Gasteiger partial charge in [-0.3, -0.25) is 0 Å². The van der Waals surface area contributed by atoms with E-state index in [0.717, 1.165) is 26.0 Å². The summed E-state index contributed by atoms with van der Waals surface area (Å²) in [6.45, 7) is 5.22. The number of hydrogen-bond acceptors (Lipinski definition) is 6. The van der Waals surface area contributed by atoms with Crippen LogP contribution in [0.4, 0.5) is 0 Å². The summed E-state index contributed by atoms with van der Waals surface area (Å²) in [6, 6.07) is 0.365. The topological polar surface area (TPSA) is 69.4 Å². The van der Waals surface area contributed by atoms with Gasteiger partial charge < -0.3 is 19.3 Å². The fourth-order valence-electron chi connectivity index (χ4n) is 2.27. The lowest BCUT2D eigenvalue weighted by Crippen LogP contribution is -2.41. The van der Waals surface area contributed by atoms with Crippen LogP contribution in [0.2, 0.25) is 0 Å². The molecule has 2 atom stereocenters. The van der Waals surface area contributed by atoms with Crippen LogP contribution in [-0.4, -0.2) is 49.7 Å². The van der Waals surface area contributed by atoms with Crippen LogP contribution in [0.15, 0.2) is 4.52 Å². The van der Waals surface area contributed by atoms with Gasteiger partial charge in [-0.25, -0.2) is 0 Å². The van der Waals surface area contributed by atoms with Gasteiger partial charge in [-0.15, -0.1) is 0 Å². The summed E-state index contributed by atoms with van der Waals surface area (Å²) in [4.78, 5) is 4.45. The first kappa shape index (κ1) is 14.4. The van der Waals surface area contributed by atoms with Crippen molar-refractivity contribution in [2.24, 2.45) is 0 Å². The van der Waals surface area contributed by atoms with Crippen LogP contribution >= 0.6 is 0 Å². The van der Waals surface area contributed by atoms with Gasteiger partial charge in [-0.05, 0) is 19.4 Å². The maximum absolute atomic E-state index is 5.54. The van der Waals surface area contributed by atoms with Gasteiger partial charge in [0.2, 0.25) is 5.89 Å². The molecule has 0 bridgehead atoms. The lowest BCUT2D eigenvalue weighted by molar-refractivity contribution is 0.0498. The third kappa shape index (κ3) is 3.99. The van der Waals surface area contributed by atoms with E-state index in [9.17, 15) is 0 Å². The van der Waals surface area contributed by atoms with Gasteiger partial charge in [0.15, 0.2) is 5.82 Å². The molecule has 2 rings (SSSR count). The molecule has 1 aromatic heterocycles.